The molecule has 2 rings (SSSR count). The van der Waals surface area contributed by atoms with Crippen LogP contribution >= 0.6 is 0 Å². The van der Waals surface area contributed by atoms with Crippen molar-refractivity contribution in [2.24, 2.45) is 0 Å². The van der Waals surface area contributed by atoms with Crippen LogP contribution in [0.15, 0.2) is 0 Å². The molecule has 1 heterocycles. The maximum Gasteiger partial charge on any atom is 0.325 e. The second-order valence-corrected chi connectivity index (χ2v) is 5.43. The Morgan fingerprint density at radius 1 is 1.15 bits per heavy atom. The van der Waals surface area contributed by atoms with Gasteiger partial charge in [-0.3, -0.25) is 9.69 Å². The number of rotatable bonds is 4. The van der Waals surface area contributed by atoms with E-state index in [-0.39, 0.29) is 18.5 Å². The minimum absolute atomic E-state index is 0.0461. The van der Waals surface area contributed by atoms with E-state index in [9.17, 15) is 9.59 Å². The van der Waals surface area contributed by atoms with Crippen LogP contribution in [0.25, 0.3) is 0 Å². The summed E-state index contributed by atoms with van der Waals surface area (Å²) in [6, 6.07) is 0.559. The van der Waals surface area contributed by atoms with Gasteiger partial charge in [-0.05, 0) is 19.8 Å². The minimum Gasteiger partial charge on any atom is -0.465 e. The standard InChI is InChI=1S/C14H25N3O3/c1-2-20-13(18)11-15-14(19)17-9-7-16(8-10-17)12-5-3-4-6-12/h12H,2-11H2,1H3,(H,15,19). The molecule has 2 amide bonds. The smallest absolute Gasteiger partial charge is 0.325 e. The Bertz CT molecular complexity index is 335. The zero-order valence-corrected chi connectivity index (χ0v) is 12.3. The number of piperazine rings is 1. The molecule has 6 heteroatoms. The molecule has 1 N–H and O–H groups in total. The first-order chi connectivity index (χ1) is 9.70. The Hall–Kier alpha value is -1.30. The Morgan fingerprint density at radius 3 is 2.40 bits per heavy atom. The summed E-state index contributed by atoms with van der Waals surface area (Å²) in [4.78, 5) is 27.4. The third-order valence-corrected chi connectivity index (χ3v) is 4.13. The molecule has 2 fully saturated rings. The van der Waals surface area contributed by atoms with Gasteiger partial charge in [0.25, 0.3) is 0 Å². The molecule has 0 aromatic carbocycles. The average molecular weight is 283 g/mol. The largest absolute Gasteiger partial charge is 0.465 e. The van der Waals surface area contributed by atoms with Gasteiger partial charge >= 0.3 is 12.0 Å². The number of urea groups is 1. The molecule has 0 atom stereocenters. The van der Waals surface area contributed by atoms with Crippen LogP contribution in [-0.4, -0.2) is 67.2 Å². The van der Waals surface area contributed by atoms with Crippen molar-refractivity contribution in [2.75, 3.05) is 39.3 Å². The van der Waals surface area contributed by atoms with Crippen molar-refractivity contribution in [2.45, 2.75) is 38.6 Å². The highest BCUT2D eigenvalue weighted by Gasteiger charge is 2.27. The number of esters is 1. The number of nitrogens with zero attached hydrogens (tertiary/aromatic N) is 2. The number of amides is 2. The number of hydrogen-bond donors (Lipinski definition) is 1. The molecule has 1 saturated carbocycles. The summed E-state index contributed by atoms with van der Waals surface area (Å²) in [5.74, 6) is -0.384. The normalized spacial score (nSPS) is 20.9. The van der Waals surface area contributed by atoms with Crippen LogP contribution in [-0.2, 0) is 9.53 Å². The van der Waals surface area contributed by atoms with Gasteiger partial charge in [-0.15, -0.1) is 0 Å². The van der Waals surface area contributed by atoms with Gasteiger partial charge in [0, 0.05) is 32.2 Å². The molecule has 1 aliphatic carbocycles. The van der Waals surface area contributed by atoms with Crippen LogP contribution in [0.5, 0.6) is 0 Å². The maximum absolute atomic E-state index is 11.9. The van der Waals surface area contributed by atoms with Gasteiger partial charge in [0.05, 0.1) is 6.61 Å². The third-order valence-electron chi connectivity index (χ3n) is 4.13. The summed E-state index contributed by atoms with van der Waals surface area (Å²) < 4.78 is 4.78. The maximum atomic E-state index is 11.9. The van der Waals surface area contributed by atoms with E-state index >= 15 is 0 Å². The summed E-state index contributed by atoms with van der Waals surface area (Å²) in [5, 5.41) is 2.62. The Balaban J connectivity index is 1.67. The minimum atomic E-state index is -0.384. The van der Waals surface area contributed by atoms with Crippen molar-refractivity contribution < 1.29 is 14.3 Å². The summed E-state index contributed by atoms with van der Waals surface area (Å²) in [5.41, 5.74) is 0. The lowest BCUT2D eigenvalue weighted by molar-refractivity contribution is -0.141. The fourth-order valence-electron chi connectivity index (χ4n) is 3.03. The number of hydrogen-bond acceptors (Lipinski definition) is 4. The van der Waals surface area contributed by atoms with E-state index in [1.807, 2.05) is 0 Å². The van der Waals surface area contributed by atoms with Crippen molar-refractivity contribution in [1.82, 2.24) is 15.1 Å². The van der Waals surface area contributed by atoms with Crippen LogP contribution in [0.4, 0.5) is 4.79 Å². The predicted octanol–water partition coefficient (Wildman–Crippen LogP) is 0.819. The fraction of sp³-hybridized carbons (Fsp3) is 0.857. The van der Waals surface area contributed by atoms with Crippen molar-refractivity contribution in [1.29, 1.82) is 0 Å². The lowest BCUT2D eigenvalue weighted by atomic mass is 10.2. The van der Waals surface area contributed by atoms with Gasteiger partial charge in [0.1, 0.15) is 6.54 Å². The van der Waals surface area contributed by atoms with Gasteiger partial charge in [-0.1, -0.05) is 12.8 Å². The lowest BCUT2D eigenvalue weighted by Gasteiger charge is -2.37. The third kappa shape index (κ3) is 4.10. The van der Waals surface area contributed by atoms with E-state index in [1.165, 1.54) is 25.7 Å². The highest BCUT2D eigenvalue weighted by molar-refractivity contribution is 5.80. The first-order valence-corrected chi connectivity index (χ1v) is 7.63. The van der Waals surface area contributed by atoms with E-state index in [4.69, 9.17) is 4.74 Å². The highest BCUT2D eigenvalue weighted by atomic mass is 16.5. The molecule has 114 valence electrons. The second kappa shape index (κ2) is 7.47. The van der Waals surface area contributed by atoms with E-state index in [0.29, 0.717) is 6.61 Å². The number of ether oxygens (including phenoxy) is 1. The Labute approximate surface area is 120 Å². The number of carbonyl (C=O) groups is 2. The molecule has 0 radical (unpaired) electrons. The Kier molecular flexibility index (Phi) is 5.64. The van der Waals surface area contributed by atoms with Crippen LogP contribution in [0.2, 0.25) is 0 Å². The predicted molar refractivity (Wildman–Crippen MR) is 75.4 cm³/mol. The van der Waals surface area contributed by atoms with Crippen LogP contribution in [0, 0.1) is 0 Å². The quantitative estimate of drug-likeness (QED) is 0.776. The molecular weight excluding hydrogens is 258 g/mol. The van der Waals surface area contributed by atoms with Gasteiger partial charge in [0.15, 0.2) is 0 Å². The van der Waals surface area contributed by atoms with Crippen LogP contribution in [0.3, 0.4) is 0 Å². The molecule has 0 spiro atoms. The van der Waals surface area contributed by atoms with Crippen molar-refractivity contribution >= 4 is 12.0 Å². The molecule has 1 saturated heterocycles. The van der Waals surface area contributed by atoms with Gasteiger partial charge in [-0.2, -0.15) is 0 Å². The van der Waals surface area contributed by atoms with Crippen molar-refractivity contribution in [3.05, 3.63) is 0 Å². The summed E-state index contributed by atoms with van der Waals surface area (Å²) >= 11 is 0. The second-order valence-electron chi connectivity index (χ2n) is 5.43. The first-order valence-electron chi connectivity index (χ1n) is 7.63. The van der Waals surface area contributed by atoms with E-state index in [0.717, 1.165) is 32.2 Å². The molecule has 1 aliphatic heterocycles. The fourth-order valence-corrected chi connectivity index (χ4v) is 3.03. The summed E-state index contributed by atoms with van der Waals surface area (Å²) in [7, 11) is 0. The molecule has 0 aromatic heterocycles. The van der Waals surface area contributed by atoms with Gasteiger partial charge < -0.3 is 15.0 Å². The molecule has 20 heavy (non-hydrogen) atoms. The molecule has 0 bridgehead atoms. The van der Waals surface area contributed by atoms with Crippen LogP contribution < -0.4 is 5.32 Å². The molecule has 6 nitrogen and oxygen atoms in total. The topological polar surface area (TPSA) is 61.9 Å². The first kappa shape index (κ1) is 15.1. The zero-order valence-electron chi connectivity index (χ0n) is 12.3. The lowest BCUT2D eigenvalue weighted by Crippen LogP contribution is -2.54. The van der Waals surface area contributed by atoms with Crippen molar-refractivity contribution in [3.63, 3.8) is 0 Å². The van der Waals surface area contributed by atoms with E-state index in [1.54, 1.807) is 11.8 Å². The molecule has 0 unspecified atom stereocenters. The zero-order chi connectivity index (χ0) is 14.4. The van der Waals surface area contributed by atoms with Crippen LogP contribution in [0.1, 0.15) is 32.6 Å². The van der Waals surface area contributed by atoms with E-state index in [2.05, 4.69) is 10.2 Å². The molecule has 2 aliphatic rings. The number of carbonyl (C=O) groups excluding carboxylic acids is 2. The van der Waals surface area contributed by atoms with Crippen molar-refractivity contribution in [3.8, 4) is 0 Å². The highest BCUT2D eigenvalue weighted by Crippen LogP contribution is 2.24. The SMILES string of the molecule is CCOC(=O)CNC(=O)N1CCN(C2CCCC2)CC1. The summed E-state index contributed by atoms with van der Waals surface area (Å²) in [6.07, 6.45) is 5.28. The molecular formula is C14H25N3O3. The monoisotopic (exact) mass is 283 g/mol. The number of nitrogens with one attached hydrogen (secondary N) is 1. The molecule has 0 aromatic rings. The van der Waals surface area contributed by atoms with Gasteiger partial charge in [-0.25, -0.2) is 4.79 Å². The summed E-state index contributed by atoms with van der Waals surface area (Å²) in [6.45, 7) is 5.41. The average Bonchev–Trinajstić information content (AvgIpc) is 2.99. The van der Waals surface area contributed by atoms with Gasteiger partial charge in [0.2, 0.25) is 0 Å². The van der Waals surface area contributed by atoms with E-state index < -0.39 is 0 Å². The Morgan fingerprint density at radius 2 is 1.80 bits per heavy atom.